The summed E-state index contributed by atoms with van der Waals surface area (Å²) in [5.41, 5.74) is 12.2. The van der Waals surface area contributed by atoms with Crippen LogP contribution in [0.3, 0.4) is 0 Å². The number of pyridine rings is 1. The van der Waals surface area contributed by atoms with Crippen molar-refractivity contribution in [3.05, 3.63) is 71.4 Å². The van der Waals surface area contributed by atoms with Gasteiger partial charge in [0.1, 0.15) is 0 Å². The Balaban J connectivity index is 1.61. The molecule has 0 saturated carbocycles. The molecular formula is C20H21N3. The number of fused-ring (bicyclic) bond motifs is 2. The zero-order chi connectivity index (χ0) is 15.6. The number of anilines is 1. The summed E-state index contributed by atoms with van der Waals surface area (Å²) in [6.07, 6.45) is 1.95. The molecule has 1 aliphatic heterocycles. The molecule has 0 fully saturated rings. The van der Waals surface area contributed by atoms with Crippen LogP contribution in [0.2, 0.25) is 0 Å². The van der Waals surface area contributed by atoms with Gasteiger partial charge in [-0.3, -0.25) is 9.88 Å². The third-order valence-corrected chi connectivity index (χ3v) is 4.71. The quantitative estimate of drug-likeness (QED) is 0.789. The van der Waals surface area contributed by atoms with Crippen molar-refractivity contribution in [2.75, 3.05) is 18.8 Å². The van der Waals surface area contributed by atoms with Crippen LogP contribution in [0.4, 0.5) is 5.69 Å². The van der Waals surface area contributed by atoms with Gasteiger partial charge in [-0.15, -0.1) is 0 Å². The molecule has 3 nitrogen and oxygen atoms in total. The van der Waals surface area contributed by atoms with E-state index in [-0.39, 0.29) is 0 Å². The molecule has 2 N–H and O–H groups in total. The average molecular weight is 303 g/mol. The lowest BCUT2D eigenvalue weighted by atomic mass is 10.0. The molecule has 0 atom stereocenters. The summed E-state index contributed by atoms with van der Waals surface area (Å²) in [7, 11) is 0. The van der Waals surface area contributed by atoms with Crippen molar-refractivity contribution < 1.29 is 0 Å². The molecule has 0 spiro atoms. The molecule has 116 valence electrons. The number of hydrogen-bond acceptors (Lipinski definition) is 3. The number of para-hydroxylation sites is 1. The van der Waals surface area contributed by atoms with Crippen LogP contribution >= 0.6 is 0 Å². The van der Waals surface area contributed by atoms with E-state index in [0.717, 1.165) is 49.1 Å². The Morgan fingerprint density at radius 1 is 0.913 bits per heavy atom. The molecule has 3 heteroatoms. The second kappa shape index (κ2) is 6.01. The zero-order valence-electron chi connectivity index (χ0n) is 13.2. The lowest BCUT2D eigenvalue weighted by Crippen LogP contribution is -2.25. The van der Waals surface area contributed by atoms with Crippen LogP contribution in [-0.4, -0.2) is 23.0 Å². The summed E-state index contributed by atoms with van der Waals surface area (Å²) in [5.74, 6) is 0. The highest BCUT2D eigenvalue weighted by Crippen LogP contribution is 2.28. The molecule has 3 aromatic rings. The first kappa shape index (κ1) is 14.2. The summed E-state index contributed by atoms with van der Waals surface area (Å²) in [6, 6.07) is 18.9. The fraction of sp³-hybridized carbons (Fsp3) is 0.250. The van der Waals surface area contributed by atoms with Crippen LogP contribution in [0.15, 0.2) is 54.6 Å². The van der Waals surface area contributed by atoms with Gasteiger partial charge in [0.25, 0.3) is 0 Å². The summed E-state index contributed by atoms with van der Waals surface area (Å²) in [4.78, 5) is 7.37. The number of nitrogen functional groups attached to an aromatic ring is 1. The van der Waals surface area contributed by atoms with Gasteiger partial charge in [0.15, 0.2) is 0 Å². The second-order valence-electron chi connectivity index (χ2n) is 6.23. The van der Waals surface area contributed by atoms with Crippen molar-refractivity contribution in [1.29, 1.82) is 0 Å². The number of hydrogen-bond donors (Lipinski definition) is 1. The van der Waals surface area contributed by atoms with E-state index in [2.05, 4.69) is 47.4 Å². The van der Waals surface area contributed by atoms with Crippen LogP contribution in [0.1, 0.15) is 16.8 Å². The highest BCUT2D eigenvalue weighted by molar-refractivity contribution is 5.92. The fourth-order valence-corrected chi connectivity index (χ4v) is 3.46. The number of nitrogens with two attached hydrogens (primary N) is 1. The van der Waals surface area contributed by atoms with Crippen LogP contribution in [0, 0.1) is 0 Å². The van der Waals surface area contributed by atoms with E-state index in [9.17, 15) is 0 Å². The minimum absolute atomic E-state index is 0.923. The Kier molecular flexibility index (Phi) is 3.72. The molecule has 2 aromatic carbocycles. The molecule has 0 radical (unpaired) electrons. The third kappa shape index (κ3) is 2.80. The molecule has 1 aromatic heterocycles. The fourth-order valence-electron chi connectivity index (χ4n) is 3.46. The van der Waals surface area contributed by atoms with Gasteiger partial charge < -0.3 is 5.73 Å². The Bertz CT molecular complexity index is 827. The molecule has 0 bridgehead atoms. The molecule has 2 heterocycles. The number of nitrogens with zero attached hydrogens (tertiary/aromatic N) is 2. The highest BCUT2D eigenvalue weighted by atomic mass is 15.1. The monoisotopic (exact) mass is 303 g/mol. The molecule has 0 amide bonds. The van der Waals surface area contributed by atoms with Crippen molar-refractivity contribution >= 4 is 16.6 Å². The average Bonchev–Trinajstić information content (AvgIpc) is 2.79. The van der Waals surface area contributed by atoms with Crippen LogP contribution in [0.25, 0.3) is 10.9 Å². The molecule has 23 heavy (non-hydrogen) atoms. The minimum Gasteiger partial charge on any atom is -0.398 e. The summed E-state index contributed by atoms with van der Waals surface area (Å²) >= 11 is 0. The molecule has 4 rings (SSSR count). The first-order valence-corrected chi connectivity index (χ1v) is 8.23. The topological polar surface area (TPSA) is 42.1 Å². The van der Waals surface area contributed by atoms with E-state index < -0.39 is 0 Å². The molecule has 0 aliphatic carbocycles. The summed E-state index contributed by atoms with van der Waals surface area (Å²) in [6.45, 7) is 3.06. The maximum absolute atomic E-state index is 6.45. The standard InChI is InChI=1S/C20H21N3/c21-20-16-8-4-5-9-18(16)22-19-11-13-23(12-10-17(19)20)14-15-6-2-1-3-7-15/h1-9H,10-14H2,(H2,21,22). The molecule has 0 saturated heterocycles. The maximum atomic E-state index is 6.45. The van der Waals surface area contributed by atoms with Gasteiger partial charge in [0.2, 0.25) is 0 Å². The van der Waals surface area contributed by atoms with Crippen LogP contribution in [0.5, 0.6) is 0 Å². The zero-order valence-corrected chi connectivity index (χ0v) is 13.2. The van der Waals surface area contributed by atoms with E-state index in [1.807, 2.05) is 12.1 Å². The molecule has 1 aliphatic rings. The van der Waals surface area contributed by atoms with Crippen molar-refractivity contribution in [2.24, 2.45) is 0 Å². The highest BCUT2D eigenvalue weighted by Gasteiger charge is 2.19. The first-order chi connectivity index (χ1) is 11.3. The number of benzene rings is 2. The van der Waals surface area contributed by atoms with E-state index in [4.69, 9.17) is 10.7 Å². The van der Waals surface area contributed by atoms with Gasteiger partial charge >= 0.3 is 0 Å². The van der Waals surface area contributed by atoms with Gasteiger partial charge in [-0.05, 0) is 23.6 Å². The summed E-state index contributed by atoms with van der Waals surface area (Å²) in [5, 5.41) is 1.09. The largest absolute Gasteiger partial charge is 0.398 e. The van der Waals surface area contributed by atoms with Gasteiger partial charge in [-0.2, -0.15) is 0 Å². The van der Waals surface area contributed by atoms with Crippen LogP contribution < -0.4 is 5.73 Å². The van der Waals surface area contributed by atoms with E-state index in [0.29, 0.717) is 0 Å². The molecule has 0 unspecified atom stereocenters. The second-order valence-corrected chi connectivity index (χ2v) is 6.23. The first-order valence-electron chi connectivity index (χ1n) is 8.23. The predicted octanol–water partition coefficient (Wildman–Crippen LogP) is 3.42. The van der Waals surface area contributed by atoms with E-state index in [1.165, 1.54) is 16.8 Å². The maximum Gasteiger partial charge on any atom is 0.0726 e. The van der Waals surface area contributed by atoms with E-state index in [1.54, 1.807) is 0 Å². The Morgan fingerprint density at radius 3 is 2.52 bits per heavy atom. The van der Waals surface area contributed by atoms with Gasteiger partial charge in [0, 0.05) is 42.8 Å². The third-order valence-electron chi connectivity index (χ3n) is 4.71. The number of aromatic nitrogens is 1. The smallest absolute Gasteiger partial charge is 0.0726 e. The molecular weight excluding hydrogens is 282 g/mol. The lowest BCUT2D eigenvalue weighted by Gasteiger charge is -2.19. The summed E-state index contributed by atoms with van der Waals surface area (Å²) < 4.78 is 0. The Morgan fingerprint density at radius 2 is 1.65 bits per heavy atom. The Labute approximate surface area is 136 Å². The van der Waals surface area contributed by atoms with Gasteiger partial charge in [0.05, 0.1) is 5.52 Å². The minimum atomic E-state index is 0.923. The van der Waals surface area contributed by atoms with Gasteiger partial charge in [-0.1, -0.05) is 48.5 Å². The Hall–Kier alpha value is -2.39. The predicted molar refractivity (Wildman–Crippen MR) is 95.3 cm³/mol. The van der Waals surface area contributed by atoms with Crippen molar-refractivity contribution in [3.8, 4) is 0 Å². The lowest BCUT2D eigenvalue weighted by molar-refractivity contribution is 0.279. The van der Waals surface area contributed by atoms with Crippen LogP contribution in [-0.2, 0) is 19.4 Å². The normalized spacial score (nSPS) is 15.3. The van der Waals surface area contributed by atoms with Gasteiger partial charge in [-0.25, -0.2) is 0 Å². The van der Waals surface area contributed by atoms with E-state index >= 15 is 0 Å². The van der Waals surface area contributed by atoms with Crippen molar-refractivity contribution in [3.63, 3.8) is 0 Å². The van der Waals surface area contributed by atoms with Crippen molar-refractivity contribution in [1.82, 2.24) is 9.88 Å². The van der Waals surface area contributed by atoms with Crippen molar-refractivity contribution in [2.45, 2.75) is 19.4 Å². The SMILES string of the molecule is Nc1c2c(nc3ccccc13)CCN(Cc1ccccc1)CC2. The number of rotatable bonds is 2.